The van der Waals surface area contributed by atoms with Gasteiger partial charge in [0.1, 0.15) is 10.4 Å². The van der Waals surface area contributed by atoms with Crippen molar-refractivity contribution in [2.75, 3.05) is 12.4 Å². The first-order valence-electron chi connectivity index (χ1n) is 2.61. The van der Waals surface area contributed by atoms with Crippen molar-refractivity contribution in [2.24, 2.45) is 7.05 Å². The molecule has 0 spiro atoms. The zero-order chi connectivity index (χ0) is 6.85. The maximum Gasteiger partial charge on any atom is 0.148 e. The number of hydrogen-bond donors (Lipinski definition) is 1. The topological polar surface area (TPSA) is 29.9 Å². The SMILES string of the molecule is CNc1cc(Br)n(C)n1. The third-order valence-corrected chi connectivity index (χ3v) is 1.82. The van der Waals surface area contributed by atoms with E-state index in [9.17, 15) is 0 Å². The van der Waals surface area contributed by atoms with E-state index in [4.69, 9.17) is 0 Å². The van der Waals surface area contributed by atoms with Gasteiger partial charge in [-0.05, 0) is 15.9 Å². The first-order valence-corrected chi connectivity index (χ1v) is 3.40. The molecule has 1 rings (SSSR count). The molecule has 0 radical (unpaired) electrons. The molecule has 0 unspecified atom stereocenters. The summed E-state index contributed by atoms with van der Waals surface area (Å²) in [6.45, 7) is 0. The highest BCUT2D eigenvalue weighted by molar-refractivity contribution is 9.10. The second-order valence-electron chi connectivity index (χ2n) is 1.73. The molecule has 0 saturated carbocycles. The van der Waals surface area contributed by atoms with Crippen molar-refractivity contribution >= 4 is 21.7 Å². The van der Waals surface area contributed by atoms with Crippen LogP contribution in [-0.2, 0) is 7.05 Å². The molecule has 1 N–H and O–H groups in total. The van der Waals surface area contributed by atoms with E-state index in [1.165, 1.54) is 0 Å². The third kappa shape index (κ3) is 1.24. The summed E-state index contributed by atoms with van der Waals surface area (Å²) >= 11 is 3.32. The number of aromatic nitrogens is 2. The molecule has 0 atom stereocenters. The zero-order valence-electron chi connectivity index (χ0n) is 5.35. The van der Waals surface area contributed by atoms with Crippen LogP contribution in [0.1, 0.15) is 0 Å². The molecule has 0 fully saturated rings. The lowest BCUT2D eigenvalue weighted by Gasteiger charge is -1.88. The first kappa shape index (κ1) is 6.61. The maximum absolute atomic E-state index is 4.09. The van der Waals surface area contributed by atoms with Crippen LogP contribution in [0.15, 0.2) is 10.7 Å². The molecule has 1 aromatic rings. The van der Waals surface area contributed by atoms with Crippen LogP contribution in [0, 0.1) is 0 Å². The van der Waals surface area contributed by atoms with Crippen LogP contribution in [0.4, 0.5) is 5.82 Å². The number of aryl methyl sites for hydroxylation is 1. The fourth-order valence-electron chi connectivity index (χ4n) is 0.567. The van der Waals surface area contributed by atoms with Gasteiger partial charge in [-0.15, -0.1) is 0 Å². The van der Waals surface area contributed by atoms with Gasteiger partial charge in [-0.25, -0.2) is 0 Å². The summed E-state index contributed by atoms with van der Waals surface area (Å²) in [6.07, 6.45) is 0. The Balaban J connectivity index is 2.98. The van der Waals surface area contributed by atoms with Crippen LogP contribution in [0.25, 0.3) is 0 Å². The summed E-state index contributed by atoms with van der Waals surface area (Å²) in [5.41, 5.74) is 0. The highest BCUT2D eigenvalue weighted by Gasteiger charge is 1.96. The van der Waals surface area contributed by atoms with Crippen LogP contribution in [0.5, 0.6) is 0 Å². The monoisotopic (exact) mass is 189 g/mol. The molecule has 1 heterocycles. The molecular formula is C5H8BrN3. The van der Waals surface area contributed by atoms with Crippen molar-refractivity contribution in [3.05, 3.63) is 10.7 Å². The fourth-order valence-corrected chi connectivity index (χ4v) is 0.863. The Morgan fingerprint density at radius 3 is 2.67 bits per heavy atom. The highest BCUT2D eigenvalue weighted by atomic mass is 79.9. The van der Waals surface area contributed by atoms with E-state index >= 15 is 0 Å². The van der Waals surface area contributed by atoms with Gasteiger partial charge < -0.3 is 5.32 Å². The second-order valence-corrected chi connectivity index (χ2v) is 2.54. The summed E-state index contributed by atoms with van der Waals surface area (Å²) in [5, 5.41) is 7.01. The van der Waals surface area contributed by atoms with Crippen LogP contribution >= 0.6 is 15.9 Å². The first-order chi connectivity index (χ1) is 4.24. The number of nitrogens with one attached hydrogen (secondary N) is 1. The van der Waals surface area contributed by atoms with Gasteiger partial charge in [0.2, 0.25) is 0 Å². The van der Waals surface area contributed by atoms with Crippen molar-refractivity contribution in [2.45, 2.75) is 0 Å². The predicted molar refractivity (Wildman–Crippen MR) is 40.5 cm³/mol. The van der Waals surface area contributed by atoms with E-state index in [1.54, 1.807) is 4.68 Å². The number of anilines is 1. The van der Waals surface area contributed by atoms with Crippen molar-refractivity contribution in [3.63, 3.8) is 0 Å². The Morgan fingerprint density at radius 1 is 1.78 bits per heavy atom. The quantitative estimate of drug-likeness (QED) is 0.721. The molecule has 0 aliphatic heterocycles. The number of halogens is 1. The zero-order valence-corrected chi connectivity index (χ0v) is 6.94. The van der Waals surface area contributed by atoms with Gasteiger partial charge in [-0.3, -0.25) is 4.68 Å². The van der Waals surface area contributed by atoms with E-state index < -0.39 is 0 Å². The van der Waals surface area contributed by atoms with Gasteiger partial charge in [-0.2, -0.15) is 5.10 Å². The molecule has 9 heavy (non-hydrogen) atoms. The Labute approximate surface area is 62.2 Å². The van der Waals surface area contributed by atoms with Crippen molar-refractivity contribution < 1.29 is 0 Å². The second kappa shape index (κ2) is 2.39. The molecule has 4 heteroatoms. The predicted octanol–water partition coefficient (Wildman–Crippen LogP) is 1.22. The van der Waals surface area contributed by atoms with Gasteiger partial charge in [0, 0.05) is 20.2 Å². The van der Waals surface area contributed by atoms with Gasteiger partial charge in [0.05, 0.1) is 0 Å². The van der Waals surface area contributed by atoms with Crippen LogP contribution in [0.2, 0.25) is 0 Å². The molecule has 50 valence electrons. The van der Waals surface area contributed by atoms with Crippen LogP contribution in [-0.4, -0.2) is 16.8 Å². The minimum atomic E-state index is 0.879. The highest BCUT2D eigenvalue weighted by Crippen LogP contribution is 2.12. The van der Waals surface area contributed by atoms with Gasteiger partial charge >= 0.3 is 0 Å². The van der Waals surface area contributed by atoms with Crippen molar-refractivity contribution in [3.8, 4) is 0 Å². The Morgan fingerprint density at radius 2 is 2.44 bits per heavy atom. The maximum atomic E-state index is 4.09. The Bertz CT molecular complexity index is 186. The summed E-state index contributed by atoms with van der Waals surface area (Å²) in [7, 11) is 3.72. The minimum absolute atomic E-state index is 0.879. The molecule has 0 aliphatic carbocycles. The van der Waals surface area contributed by atoms with Crippen LogP contribution < -0.4 is 5.32 Å². The normalized spacial score (nSPS) is 9.67. The molecule has 3 nitrogen and oxygen atoms in total. The molecule has 1 aromatic heterocycles. The fraction of sp³-hybridized carbons (Fsp3) is 0.400. The lowest BCUT2D eigenvalue weighted by Crippen LogP contribution is -1.92. The number of rotatable bonds is 1. The van der Waals surface area contributed by atoms with Gasteiger partial charge in [0.25, 0.3) is 0 Å². The number of nitrogens with zero attached hydrogens (tertiary/aromatic N) is 2. The number of hydrogen-bond acceptors (Lipinski definition) is 2. The average molecular weight is 190 g/mol. The summed E-state index contributed by atoms with van der Waals surface area (Å²) < 4.78 is 2.73. The standard InChI is InChI=1S/C5H8BrN3/c1-7-5-3-4(6)9(2)8-5/h3H,1-2H3,(H,7,8). The Kier molecular flexibility index (Phi) is 1.75. The molecule has 0 aliphatic rings. The van der Waals surface area contributed by atoms with Crippen molar-refractivity contribution in [1.29, 1.82) is 0 Å². The van der Waals surface area contributed by atoms with Crippen molar-refractivity contribution in [1.82, 2.24) is 9.78 Å². The average Bonchev–Trinajstić information content (AvgIpc) is 2.13. The van der Waals surface area contributed by atoms with E-state index in [-0.39, 0.29) is 0 Å². The molecule has 0 aromatic carbocycles. The van der Waals surface area contributed by atoms with E-state index in [0.29, 0.717) is 0 Å². The van der Waals surface area contributed by atoms with E-state index in [1.807, 2.05) is 20.2 Å². The largest absolute Gasteiger partial charge is 0.372 e. The van der Waals surface area contributed by atoms with Gasteiger partial charge in [-0.1, -0.05) is 0 Å². The third-order valence-electron chi connectivity index (χ3n) is 1.08. The Hall–Kier alpha value is -0.510. The molecule has 0 saturated heterocycles. The van der Waals surface area contributed by atoms with E-state index in [0.717, 1.165) is 10.4 Å². The van der Waals surface area contributed by atoms with Crippen LogP contribution in [0.3, 0.4) is 0 Å². The summed E-state index contributed by atoms with van der Waals surface area (Å²) in [4.78, 5) is 0. The van der Waals surface area contributed by atoms with Gasteiger partial charge in [0.15, 0.2) is 0 Å². The molecular weight excluding hydrogens is 182 g/mol. The smallest absolute Gasteiger partial charge is 0.148 e. The minimum Gasteiger partial charge on any atom is -0.372 e. The molecule has 0 bridgehead atoms. The summed E-state index contributed by atoms with van der Waals surface area (Å²) in [5.74, 6) is 0.879. The lowest BCUT2D eigenvalue weighted by molar-refractivity contribution is 0.752. The summed E-state index contributed by atoms with van der Waals surface area (Å²) in [6, 6.07) is 1.92. The van der Waals surface area contributed by atoms with E-state index in [2.05, 4.69) is 26.3 Å². The molecule has 0 amide bonds. The lowest BCUT2D eigenvalue weighted by atomic mass is 10.6.